The Hall–Kier alpha value is -0.0400. The highest BCUT2D eigenvalue weighted by Crippen LogP contribution is 2.13. The standard InChI is InChI=1S/C9H19O/c1-5-8(3)7-9(6-2)10-4/h8-9H,4-7H2,1-3H3. The summed E-state index contributed by atoms with van der Waals surface area (Å²) >= 11 is 0. The van der Waals surface area contributed by atoms with E-state index in [1.807, 2.05) is 0 Å². The SMILES string of the molecule is [CH2]OC(CC)CC(C)CC. The van der Waals surface area contributed by atoms with Crippen LogP contribution in [0.4, 0.5) is 0 Å². The van der Waals surface area contributed by atoms with E-state index >= 15 is 0 Å². The first-order valence-electron chi connectivity index (χ1n) is 4.15. The third-order valence-corrected chi connectivity index (χ3v) is 2.05. The molecule has 0 aromatic rings. The summed E-state index contributed by atoms with van der Waals surface area (Å²) < 4.78 is 5.02. The highest BCUT2D eigenvalue weighted by Gasteiger charge is 2.07. The molecule has 0 fully saturated rings. The summed E-state index contributed by atoms with van der Waals surface area (Å²) in [4.78, 5) is 0. The van der Waals surface area contributed by atoms with Crippen molar-refractivity contribution in [2.24, 2.45) is 5.92 Å². The van der Waals surface area contributed by atoms with Crippen LogP contribution in [0.5, 0.6) is 0 Å². The van der Waals surface area contributed by atoms with Crippen LogP contribution in [0, 0.1) is 13.0 Å². The van der Waals surface area contributed by atoms with Gasteiger partial charge in [0.1, 0.15) is 0 Å². The monoisotopic (exact) mass is 143 g/mol. The van der Waals surface area contributed by atoms with Crippen LogP contribution in [0.3, 0.4) is 0 Å². The quantitative estimate of drug-likeness (QED) is 0.575. The van der Waals surface area contributed by atoms with Crippen LogP contribution in [-0.4, -0.2) is 6.10 Å². The molecule has 0 amide bonds. The van der Waals surface area contributed by atoms with Crippen molar-refractivity contribution < 1.29 is 4.74 Å². The second kappa shape index (κ2) is 5.72. The van der Waals surface area contributed by atoms with Crippen molar-refractivity contribution in [3.8, 4) is 0 Å². The molecule has 0 saturated carbocycles. The van der Waals surface area contributed by atoms with E-state index in [9.17, 15) is 0 Å². The molecule has 0 bridgehead atoms. The average Bonchev–Trinajstić information content (AvgIpc) is 1.99. The van der Waals surface area contributed by atoms with Crippen molar-refractivity contribution in [2.75, 3.05) is 0 Å². The second-order valence-electron chi connectivity index (χ2n) is 2.95. The van der Waals surface area contributed by atoms with Gasteiger partial charge in [-0.2, -0.15) is 0 Å². The fourth-order valence-electron chi connectivity index (χ4n) is 0.968. The molecule has 0 aliphatic carbocycles. The van der Waals surface area contributed by atoms with Gasteiger partial charge >= 0.3 is 0 Å². The van der Waals surface area contributed by atoms with Gasteiger partial charge in [-0.05, 0) is 18.8 Å². The van der Waals surface area contributed by atoms with Gasteiger partial charge in [0, 0.05) is 0 Å². The maximum atomic E-state index is 5.02. The molecule has 2 atom stereocenters. The van der Waals surface area contributed by atoms with E-state index in [1.54, 1.807) is 0 Å². The Morgan fingerprint density at radius 1 is 1.30 bits per heavy atom. The molecule has 1 radical (unpaired) electrons. The van der Waals surface area contributed by atoms with Crippen LogP contribution in [0.25, 0.3) is 0 Å². The molecule has 0 aromatic heterocycles. The van der Waals surface area contributed by atoms with Gasteiger partial charge in [0.05, 0.1) is 13.2 Å². The molecule has 0 N–H and O–H groups in total. The van der Waals surface area contributed by atoms with E-state index in [1.165, 1.54) is 6.42 Å². The average molecular weight is 143 g/mol. The highest BCUT2D eigenvalue weighted by atomic mass is 16.5. The summed E-state index contributed by atoms with van der Waals surface area (Å²) in [5.41, 5.74) is 0. The van der Waals surface area contributed by atoms with E-state index in [-0.39, 0.29) is 0 Å². The zero-order chi connectivity index (χ0) is 7.98. The first-order chi connectivity index (χ1) is 4.74. The van der Waals surface area contributed by atoms with Gasteiger partial charge in [0.15, 0.2) is 0 Å². The molecule has 2 unspecified atom stereocenters. The Morgan fingerprint density at radius 2 is 1.90 bits per heavy atom. The lowest BCUT2D eigenvalue weighted by Gasteiger charge is -2.16. The minimum Gasteiger partial charge on any atom is -0.376 e. The minimum absolute atomic E-state index is 0.370. The Labute approximate surface area is 64.8 Å². The Morgan fingerprint density at radius 3 is 2.20 bits per heavy atom. The summed E-state index contributed by atoms with van der Waals surface area (Å²) in [6.07, 6.45) is 3.83. The van der Waals surface area contributed by atoms with Crippen LogP contribution in [-0.2, 0) is 4.74 Å². The molecule has 0 aliphatic rings. The van der Waals surface area contributed by atoms with Crippen molar-refractivity contribution in [1.82, 2.24) is 0 Å². The molecular weight excluding hydrogens is 124 g/mol. The third-order valence-electron chi connectivity index (χ3n) is 2.05. The molecule has 0 rings (SSSR count). The van der Waals surface area contributed by atoms with Crippen molar-refractivity contribution in [3.05, 3.63) is 7.11 Å². The van der Waals surface area contributed by atoms with Crippen LogP contribution in [0.1, 0.15) is 40.0 Å². The molecule has 0 aliphatic heterocycles. The van der Waals surface area contributed by atoms with E-state index < -0.39 is 0 Å². The van der Waals surface area contributed by atoms with Crippen molar-refractivity contribution in [1.29, 1.82) is 0 Å². The molecule has 0 aromatic carbocycles. The lowest BCUT2D eigenvalue weighted by molar-refractivity contribution is 0.110. The van der Waals surface area contributed by atoms with Gasteiger partial charge < -0.3 is 4.74 Å². The van der Waals surface area contributed by atoms with Gasteiger partial charge in [-0.25, -0.2) is 0 Å². The smallest absolute Gasteiger partial charge is 0.0704 e. The first kappa shape index (κ1) is 9.96. The van der Waals surface area contributed by atoms with Crippen LogP contribution in [0.15, 0.2) is 0 Å². The van der Waals surface area contributed by atoms with Crippen LogP contribution in [0.2, 0.25) is 0 Å². The predicted octanol–water partition coefficient (Wildman–Crippen LogP) is 3.01. The van der Waals surface area contributed by atoms with Gasteiger partial charge in [-0.3, -0.25) is 0 Å². The molecular formula is C9H19O. The molecule has 0 spiro atoms. The molecule has 10 heavy (non-hydrogen) atoms. The summed E-state index contributed by atoms with van der Waals surface area (Å²) in [6, 6.07) is 0. The zero-order valence-electron chi connectivity index (χ0n) is 7.39. The Balaban J connectivity index is 3.41. The van der Waals surface area contributed by atoms with Gasteiger partial charge in [-0.15, -0.1) is 0 Å². The van der Waals surface area contributed by atoms with E-state index in [2.05, 4.69) is 27.9 Å². The highest BCUT2D eigenvalue weighted by molar-refractivity contribution is 4.60. The van der Waals surface area contributed by atoms with Gasteiger partial charge in [-0.1, -0.05) is 27.2 Å². The molecule has 0 saturated heterocycles. The lowest BCUT2D eigenvalue weighted by atomic mass is 10.00. The zero-order valence-corrected chi connectivity index (χ0v) is 7.39. The largest absolute Gasteiger partial charge is 0.376 e. The molecule has 61 valence electrons. The van der Waals surface area contributed by atoms with E-state index in [0.29, 0.717) is 6.10 Å². The summed E-state index contributed by atoms with van der Waals surface area (Å²) in [5, 5.41) is 0. The fraction of sp³-hybridized carbons (Fsp3) is 0.889. The van der Waals surface area contributed by atoms with Crippen molar-refractivity contribution >= 4 is 0 Å². The van der Waals surface area contributed by atoms with E-state index in [0.717, 1.165) is 18.8 Å². The van der Waals surface area contributed by atoms with Gasteiger partial charge in [0.25, 0.3) is 0 Å². The maximum absolute atomic E-state index is 5.02. The minimum atomic E-state index is 0.370. The Bertz CT molecular complexity index is 67.1. The molecule has 1 nitrogen and oxygen atoms in total. The number of hydrogen-bond acceptors (Lipinski definition) is 1. The third kappa shape index (κ3) is 3.89. The second-order valence-corrected chi connectivity index (χ2v) is 2.95. The normalized spacial score (nSPS) is 16.8. The summed E-state index contributed by atoms with van der Waals surface area (Å²) in [6.45, 7) is 6.60. The topological polar surface area (TPSA) is 9.23 Å². The van der Waals surface area contributed by atoms with Crippen molar-refractivity contribution in [2.45, 2.75) is 46.1 Å². The first-order valence-corrected chi connectivity index (χ1v) is 4.15. The van der Waals surface area contributed by atoms with E-state index in [4.69, 9.17) is 4.74 Å². The lowest BCUT2D eigenvalue weighted by Crippen LogP contribution is -2.11. The van der Waals surface area contributed by atoms with Gasteiger partial charge in [0.2, 0.25) is 0 Å². The molecule has 1 heteroatoms. The molecule has 0 heterocycles. The number of rotatable bonds is 5. The summed E-state index contributed by atoms with van der Waals surface area (Å²) in [5.74, 6) is 0.770. The number of ether oxygens (including phenoxy) is 1. The maximum Gasteiger partial charge on any atom is 0.0704 e. The summed E-state index contributed by atoms with van der Waals surface area (Å²) in [7, 11) is 3.44. The predicted molar refractivity (Wildman–Crippen MR) is 44.6 cm³/mol. The number of hydrogen-bond donors (Lipinski definition) is 0. The Kier molecular flexibility index (Phi) is 5.70. The van der Waals surface area contributed by atoms with Crippen LogP contribution >= 0.6 is 0 Å². The van der Waals surface area contributed by atoms with Crippen molar-refractivity contribution in [3.63, 3.8) is 0 Å². The fourth-order valence-corrected chi connectivity index (χ4v) is 0.968. The van der Waals surface area contributed by atoms with Crippen LogP contribution < -0.4 is 0 Å².